The first-order chi connectivity index (χ1) is 13.1. The van der Waals surface area contributed by atoms with Crippen LogP contribution < -0.4 is 22.1 Å². The molecule has 13 nitrogen and oxygen atoms in total. The summed E-state index contributed by atoms with van der Waals surface area (Å²) in [6.07, 6.45) is 0.0402. The summed E-state index contributed by atoms with van der Waals surface area (Å²) in [6.45, 7) is -1.29. The van der Waals surface area contributed by atoms with Crippen molar-refractivity contribution in [3.63, 3.8) is 0 Å². The monoisotopic (exact) mass is 403 g/mol. The highest BCUT2D eigenvalue weighted by atomic mass is 16.4. The Morgan fingerprint density at radius 1 is 1.07 bits per heavy atom. The fourth-order valence-corrected chi connectivity index (χ4v) is 2.72. The number of hydrogen-bond donors (Lipinski definition) is 7. The molecule has 9 N–H and O–H groups in total. The molecule has 1 heterocycles. The number of nitrogens with two attached hydrogens (primary N) is 2. The SMILES string of the molecule is NC(=O)CC(NC(=O)C1CCCN1C(=O)C(CO)NC(=O)C(N)CO)C(=O)O. The van der Waals surface area contributed by atoms with E-state index in [1.54, 1.807) is 0 Å². The zero-order valence-corrected chi connectivity index (χ0v) is 15.0. The number of rotatable bonds is 10. The average Bonchev–Trinajstić information content (AvgIpc) is 3.13. The van der Waals surface area contributed by atoms with Crippen molar-refractivity contribution in [1.82, 2.24) is 15.5 Å². The molecule has 4 unspecified atom stereocenters. The van der Waals surface area contributed by atoms with Crippen LogP contribution in [-0.4, -0.2) is 93.7 Å². The summed E-state index contributed by atoms with van der Waals surface area (Å²) in [5.41, 5.74) is 10.3. The van der Waals surface area contributed by atoms with Gasteiger partial charge in [0.2, 0.25) is 23.6 Å². The van der Waals surface area contributed by atoms with E-state index in [1.165, 1.54) is 0 Å². The Morgan fingerprint density at radius 3 is 2.21 bits per heavy atom. The van der Waals surface area contributed by atoms with Gasteiger partial charge in [0.25, 0.3) is 0 Å². The molecule has 0 aromatic carbocycles. The van der Waals surface area contributed by atoms with Gasteiger partial charge in [0.05, 0.1) is 19.6 Å². The van der Waals surface area contributed by atoms with E-state index in [2.05, 4.69) is 10.6 Å². The van der Waals surface area contributed by atoms with Crippen LogP contribution >= 0.6 is 0 Å². The van der Waals surface area contributed by atoms with Crippen molar-refractivity contribution in [1.29, 1.82) is 0 Å². The molecule has 0 aromatic heterocycles. The molecule has 4 amide bonds. The molecule has 13 heteroatoms. The van der Waals surface area contributed by atoms with Crippen molar-refractivity contribution in [2.45, 2.75) is 43.4 Å². The lowest BCUT2D eigenvalue weighted by Gasteiger charge is -2.29. The maximum Gasteiger partial charge on any atom is 0.326 e. The van der Waals surface area contributed by atoms with Crippen molar-refractivity contribution >= 4 is 29.6 Å². The standard InChI is InChI=1S/C15H25N5O8/c16-7(5-21)12(24)19-9(6-22)14(26)20-3-1-2-10(20)13(25)18-8(15(27)28)4-11(17)23/h7-10,21-22H,1-6,16H2,(H2,17,23)(H,18,25)(H,19,24)(H,27,28). The number of nitrogens with one attached hydrogen (secondary N) is 2. The third-order valence-electron chi connectivity index (χ3n) is 4.19. The fourth-order valence-electron chi connectivity index (χ4n) is 2.72. The molecule has 1 rings (SSSR count). The smallest absolute Gasteiger partial charge is 0.326 e. The van der Waals surface area contributed by atoms with E-state index >= 15 is 0 Å². The third kappa shape index (κ3) is 6.14. The Labute approximate surface area is 160 Å². The molecular weight excluding hydrogens is 378 g/mol. The molecule has 1 aliphatic rings. The minimum Gasteiger partial charge on any atom is -0.480 e. The predicted octanol–water partition coefficient (Wildman–Crippen LogP) is -4.78. The summed E-state index contributed by atoms with van der Waals surface area (Å²) in [4.78, 5) is 60.0. The molecule has 0 radical (unpaired) electrons. The van der Waals surface area contributed by atoms with Crippen molar-refractivity contribution in [2.24, 2.45) is 11.5 Å². The summed E-state index contributed by atoms with van der Waals surface area (Å²) < 4.78 is 0. The largest absolute Gasteiger partial charge is 0.480 e. The highest BCUT2D eigenvalue weighted by molar-refractivity contribution is 5.95. The van der Waals surface area contributed by atoms with Crippen molar-refractivity contribution in [2.75, 3.05) is 19.8 Å². The second-order valence-corrected chi connectivity index (χ2v) is 6.29. The van der Waals surface area contributed by atoms with Crippen LogP contribution in [0.4, 0.5) is 0 Å². The summed E-state index contributed by atoms with van der Waals surface area (Å²) in [5, 5.41) is 31.7. The normalized spacial score (nSPS) is 19.4. The summed E-state index contributed by atoms with van der Waals surface area (Å²) in [6, 6.07) is -5.26. The predicted molar refractivity (Wildman–Crippen MR) is 92.2 cm³/mol. The van der Waals surface area contributed by atoms with Gasteiger partial charge in [0.15, 0.2) is 0 Å². The Morgan fingerprint density at radius 2 is 1.71 bits per heavy atom. The topological polar surface area (TPSA) is 225 Å². The molecule has 0 aromatic rings. The Balaban J connectivity index is 2.84. The van der Waals surface area contributed by atoms with Gasteiger partial charge in [-0.15, -0.1) is 0 Å². The molecule has 1 fully saturated rings. The van der Waals surface area contributed by atoms with Crippen molar-refractivity contribution in [3.8, 4) is 0 Å². The van der Waals surface area contributed by atoms with E-state index in [0.29, 0.717) is 6.42 Å². The molecule has 4 atom stereocenters. The number of hydrogen-bond acceptors (Lipinski definition) is 8. The molecule has 1 saturated heterocycles. The minimum absolute atomic E-state index is 0.142. The number of carbonyl (C=O) groups is 5. The molecule has 0 saturated carbocycles. The summed E-state index contributed by atoms with van der Waals surface area (Å²) in [5.74, 6) is -4.80. The maximum atomic E-state index is 12.6. The minimum atomic E-state index is -1.54. The number of likely N-dealkylation sites (tertiary alicyclic amines) is 1. The van der Waals surface area contributed by atoms with Gasteiger partial charge in [0.1, 0.15) is 24.2 Å². The quantitative estimate of drug-likeness (QED) is 0.185. The lowest BCUT2D eigenvalue weighted by atomic mass is 10.1. The molecular formula is C15H25N5O8. The first kappa shape index (κ1) is 23.3. The highest BCUT2D eigenvalue weighted by Gasteiger charge is 2.39. The maximum absolute atomic E-state index is 12.6. The van der Waals surface area contributed by atoms with Crippen molar-refractivity contribution in [3.05, 3.63) is 0 Å². The fraction of sp³-hybridized carbons (Fsp3) is 0.667. The van der Waals surface area contributed by atoms with E-state index in [-0.39, 0.29) is 13.0 Å². The highest BCUT2D eigenvalue weighted by Crippen LogP contribution is 2.19. The summed E-state index contributed by atoms with van der Waals surface area (Å²) >= 11 is 0. The van der Waals surface area contributed by atoms with E-state index in [4.69, 9.17) is 21.7 Å². The van der Waals surface area contributed by atoms with Crippen LogP contribution in [0, 0.1) is 0 Å². The first-order valence-electron chi connectivity index (χ1n) is 8.52. The zero-order chi connectivity index (χ0) is 21.4. The van der Waals surface area contributed by atoms with Crippen LogP contribution in [0.25, 0.3) is 0 Å². The first-order valence-corrected chi connectivity index (χ1v) is 8.52. The number of carbonyl (C=O) groups excluding carboxylic acids is 4. The lowest BCUT2D eigenvalue weighted by Crippen LogP contribution is -2.58. The van der Waals surface area contributed by atoms with Gasteiger partial charge in [-0.3, -0.25) is 19.2 Å². The Hall–Kier alpha value is -2.77. The molecule has 0 spiro atoms. The van der Waals surface area contributed by atoms with Crippen LogP contribution in [0.2, 0.25) is 0 Å². The number of aliphatic hydroxyl groups is 2. The number of carboxylic acid groups (broad SMARTS) is 1. The van der Waals surface area contributed by atoms with Crippen LogP contribution in [0.1, 0.15) is 19.3 Å². The van der Waals surface area contributed by atoms with E-state index in [9.17, 15) is 29.1 Å². The van der Waals surface area contributed by atoms with Gasteiger partial charge in [-0.05, 0) is 12.8 Å². The summed E-state index contributed by atoms with van der Waals surface area (Å²) in [7, 11) is 0. The third-order valence-corrected chi connectivity index (χ3v) is 4.19. The van der Waals surface area contributed by atoms with Crippen LogP contribution in [0.15, 0.2) is 0 Å². The van der Waals surface area contributed by atoms with E-state index in [0.717, 1.165) is 4.90 Å². The van der Waals surface area contributed by atoms with Gasteiger partial charge in [-0.1, -0.05) is 0 Å². The Kier molecular flexibility index (Phi) is 8.76. The van der Waals surface area contributed by atoms with Crippen LogP contribution in [0.5, 0.6) is 0 Å². The number of nitrogens with zero attached hydrogens (tertiary/aromatic N) is 1. The molecule has 158 valence electrons. The van der Waals surface area contributed by atoms with Gasteiger partial charge >= 0.3 is 5.97 Å². The second-order valence-electron chi connectivity index (χ2n) is 6.29. The number of carboxylic acids is 1. The van der Waals surface area contributed by atoms with E-state index < -0.39 is 73.4 Å². The van der Waals surface area contributed by atoms with Gasteiger partial charge in [-0.2, -0.15) is 0 Å². The van der Waals surface area contributed by atoms with Crippen LogP contribution in [0.3, 0.4) is 0 Å². The zero-order valence-electron chi connectivity index (χ0n) is 15.0. The number of aliphatic carboxylic acids is 1. The van der Waals surface area contributed by atoms with Crippen LogP contribution in [-0.2, 0) is 24.0 Å². The van der Waals surface area contributed by atoms with Gasteiger partial charge < -0.3 is 42.3 Å². The molecule has 0 aliphatic carbocycles. The second kappa shape index (κ2) is 10.5. The van der Waals surface area contributed by atoms with Gasteiger partial charge in [0, 0.05) is 6.54 Å². The van der Waals surface area contributed by atoms with Crippen molar-refractivity contribution < 1.29 is 39.3 Å². The molecule has 28 heavy (non-hydrogen) atoms. The molecule has 1 aliphatic heterocycles. The van der Waals surface area contributed by atoms with Gasteiger partial charge in [-0.25, -0.2) is 4.79 Å². The average molecular weight is 403 g/mol. The number of primary amides is 1. The Bertz CT molecular complexity index is 628. The number of amides is 4. The molecule has 0 bridgehead atoms. The number of aliphatic hydroxyl groups excluding tert-OH is 2. The van der Waals surface area contributed by atoms with E-state index in [1.807, 2.05) is 0 Å². The lowest BCUT2D eigenvalue weighted by molar-refractivity contribution is -0.146.